The lowest BCUT2D eigenvalue weighted by Crippen LogP contribution is -2.47. The molecule has 0 aliphatic carbocycles. The first-order chi connectivity index (χ1) is 16.1. The molecule has 2 atom stereocenters. The molecule has 2 aliphatic heterocycles. The number of benzene rings is 1. The van der Waals surface area contributed by atoms with Crippen LogP contribution in [-0.2, 0) is 18.4 Å². The van der Waals surface area contributed by atoms with Gasteiger partial charge in [0, 0.05) is 62.7 Å². The maximum absolute atomic E-state index is 13.3. The number of imidazole rings is 1. The van der Waals surface area contributed by atoms with Gasteiger partial charge in [-0.05, 0) is 35.7 Å². The molecule has 0 bridgehead atoms. The highest BCUT2D eigenvalue weighted by molar-refractivity contribution is 7.07. The molecule has 1 saturated heterocycles. The zero-order valence-corrected chi connectivity index (χ0v) is 19.5. The van der Waals surface area contributed by atoms with Crippen molar-refractivity contribution in [3.63, 3.8) is 0 Å². The van der Waals surface area contributed by atoms with Crippen molar-refractivity contribution in [3.05, 3.63) is 70.4 Å². The number of likely N-dealkylation sites (tertiary alicyclic amines) is 1. The molecule has 0 unspecified atom stereocenters. The maximum Gasteiger partial charge on any atom is 0.236 e. The highest BCUT2D eigenvalue weighted by Gasteiger charge is 2.32. The van der Waals surface area contributed by atoms with Gasteiger partial charge in [0.05, 0.1) is 6.54 Å². The Hall–Kier alpha value is -2.97. The minimum atomic E-state index is -0.199. The Morgan fingerprint density at radius 1 is 1.21 bits per heavy atom. The Morgan fingerprint density at radius 3 is 2.88 bits per heavy atom. The summed E-state index contributed by atoms with van der Waals surface area (Å²) in [5, 5.41) is 4.16. The van der Waals surface area contributed by atoms with Crippen molar-refractivity contribution in [3.8, 4) is 5.75 Å². The number of nitrogens with zero attached hydrogens (tertiary/aromatic N) is 4. The summed E-state index contributed by atoms with van der Waals surface area (Å²) in [5.74, 6) is 1.23. The molecule has 0 radical (unpaired) electrons. The number of aromatic nitrogens is 2. The molecule has 7 nitrogen and oxygen atoms in total. The number of ketones is 1. The van der Waals surface area contributed by atoms with Crippen molar-refractivity contribution >= 4 is 23.0 Å². The second kappa shape index (κ2) is 9.49. The van der Waals surface area contributed by atoms with E-state index in [1.54, 1.807) is 28.3 Å². The normalized spacial score (nSPS) is 21.2. The van der Waals surface area contributed by atoms with Crippen LogP contribution in [0.5, 0.6) is 5.75 Å². The van der Waals surface area contributed by atoms with Gasteiger partial charge in [0.25, 0.3) is 0 Å². The third kappa shape index (κ3) is 4.72. The van der Waals surface area contributed by atoms with E-state index in [2.05, 4.69) is 32.8 Å². The maximum atomic E-state index is 13.3. The molecule has 0 N–H and O–H groups in total. The molecule has 8 heteroatoms. The van der Waals surface area contributed by atoms with E-state index in [0.29, 0.717) is 38.5 Å². The van der Waals surface area contributed by atoms with Gasteiger partial charge in [0.1, 0.15) is 11.9 Å². The van der Waals surface area contributed by atoms with Crippen molar-refractivity contribution in [2.24, 2.45) is 13.0 Å². The first-order valence-electron chi connectivity index (χ1n) is 11.4. The molecule has 3 aromatic rings. The van der Waals surface area contributed by atoms with Crippen LogP contribution in [0.2, 0.25) is 0 Å². The first-order valence-corrected chi connectivity index (χ1v) is 12.3. The molecule has 0 saturated carbocycles. The highest BCUT2D eigenvalue weighted by Crippen LogP contribution is 2.32. The zero-order chi connectivity index (χ0) is 22.8. The summed E-state index contributed by atoms with van der Waals surface area (Å²) in [6.07, 6.45) is 4.92. The lowest BCUT2D eigenvalue weighted by molar-refractivity contribution is -0.134. The summed E-state index contributed by atoms with van der Waals surface area (Å²) in [5.41, 5.74) is 2.22. The number of amides is 1. The van der Waals surface area contributed by atoms with E-state index in [4.69, 9.17) is 4.74 Å². The van der Waals surface area contributed by atoms with E-state index >= 15 is 0 Å². The second-order valence-electron chi connectivity index (χ2n) is 8.85. The SMILES string of the molecule is Cn1ccnc1C(=O)[C@@H]1CCCN(C(=O)CN2Cc3ccccc3O[C@@H](c3ccsc3)C2)C1. The predicted molar refractivity (Wildman–Crippen MR) is 126 cm³/mol. The average Bonchev–Trinajstić information content (AvgIpc) is 3.48. The summed E-state index contributed by atoms with van der Waals surface area (Å²) in [6, 6.07) is 10.1. The van der Waals surface area contributed by atoms with Crippen molar-refractivity contribution in [2.75, 3.05) is 26.2 Å². The Morgan fingerprint density at radius 2 is 2.09 bits per heavy atom. The monoisotopic (exact) mass is 464 g/mol. The molecule has 0 spiro atoms. The molecule has 1 aromatic carbocycles. The fourth-order valence-corrected chi connectivity index (χ4v) is 5.43. The number of Topliss-reactive ketones (excluding diaryl/α,β-unsaturated/α-hetero) is 1. The molecule has 5 rings (SSSR count). The summed E-state index contributed by atoms with van der Waals surface area (Å²) >= 11 is 1.65. The van der Waals surface area contributed by atoms with Gasteiger partial charge in [-0.15, -0.1) is 0 Å². The number of hydrogen-bond acceptors (Lipinski definition) is 6. The molecule has 4 heterocycles. The lowest BCUT2D eigenvalue weighted by Gasteiger charge is -2.33. The molecule has 2 aromatic heterocycles. The van der Waals surface area contributed by atoms with Gasteiger partial charge in [0.15, 0.2) is 5.82 Å². The Labute approximate surface area is 197 Å². The van der Waals surface area contributed by atoms with Crippen LogP contribution in [0.1, 0.15) is 40.7 Å². The number of thiophene rings is 1. The smallest absolute Gasteiger partial charge is 0.236 e. The van der Waals surface area contributed by atoms with Crippen LogP contribution in [0.25, 0.3) is 0 Å². The number of fused-ring (bicyclic) bond motifs is 1. The van der Waals surface area contributed by atoms with Crippen molar-refractivity contribution in [1.29, 1.82) is 0 Å². The minimum Gasteiger partial charge on any atom is -0.484 e. The summed E-state index contributed by atoms with van der Waals surface area (Å²) in [7, 11) is 1.83. The van der Waals surface area contributed by atoms with Gasteiger partial charge >= 0.3 is 0 Å². The van der Waals surface area contributed by atoms with Gasteiger partial charge in [-0.3, -0.25) is 14.5 Å². The van der Waals surface area contributed by atoms with E-state index in [0.717, 1.165) is 29.7 Å². The van der Waals surface area contributed by atoms with Gasteiger partial charge in [-0.1, -0.05) is 18.2 Å². The molecule has 172 valence electrons. The van der Waals surface area contributed by atoms with Gasteiger partial charge < -0.3 is 14.2 Å². The number of carbonyl (C=O) groups excluding carboxylic acids is 2. The fraction of sp³-hybridized carbons (Fsp3) is 0.400. The lowest BCUT2D eigenvalue weighted by atomic mass is 9.93. The standard InChI is InChI=1S/C25H28N4O3S/c1-27-11-9-26-25(27)24(31)19-6-4-10-29(14-19)23(30)16-28-13-18-5-2-3-7-21(18)32-22(15-28)20-8-12-33-17-20/h2-3,5,7-9,11-12,17,19,22H,4,6,10,13-16H2,1H3/t19-,22-/m1/s1. The zero-order valence-electron chi connectivity index (χ0n) is 18.7. The third-order valence-electron chi connectivity index (χ3n) is 6.52. The van der Waals surface area contributed by atoms with E-state index in [-0.39, 0.29) is 23.7 Å². The summed E-state index contributed by atoms with van der Waals surface area (Å²) < 4.78 is 8.10. The minimum absolute atomic E-state index is 0.0228. The van der Waals surface area contributed by atoms with Crippen molar-refractivity contribution < 1.29 is 14.3 Å². The Balaban J connectivity index is 1.29. The van der Waals surface area contributed by atoms with Crippen molar-refractivity contribution in [1.82, 2.24) is 19.4 Å². The van der Waals surface area contributed by atoms with Crippen LogP contribution in [0, 0.1) is 5.92 Å². The molecule has 1 fully saturated rings. The van der Waals surface area contributed by atoms with Crippen molar-refractivity contribution in [2.45, 2.75) is 25.5 Å². The highest BCUT2D eigenvalue weighted by atomic mass is 32.1. The summed E-state index contributed by atoms with van der Waals surface area (Å²) in [4.78, 5) is 34.5. The van der Waals surface area contributed by atoms with Gasteiger partial charge in [0.2, 0.25) is 11.7 Å². The first kappa shape index (κ1) is 21.9. The molecule has 33 heavy (non-hydrogen) atoms. The molecule has 2 aliphatic rings. The van der Waals surface area contributed by atoms with E-state index in [9.17, 15) is 9.59 Å². The van der Waals surface area contributed by atoms with Gasteiger partial charge in [-0.2, -0.15) is 11.3 Å². The number of carbonyl (C=O) groups is 2. The van der Waals surface area contributed by atoms with Crippen LogP contribution >= 0.6 is 11.3 Å². The fourth-order valence-electron chi connectivity index (χ4n) is 4.73. The predicted octanol–water partition coefficient (Wildman–Crippen LogP) is 3.54. The average molecular weight is 465 g/mol. The van der Waals surface area contributed by atoms with Crippen LogP contribution < -0.4 is 4.74 Å². The van der Waals surface area contributed by atoms with Crippen LogP contribution in [0.3, 0.4) is 0 Å². The van der Waals surface area contributed by atoms with Gasteiger partial charge in [-0.25, -0.2) is 4.98 Å². The number of piperidine rings is 1. The quantitative estimate of drug-likeness (QED) is 0.541. The van der Waals surface area contributed by atoms with Crippen LogP contribution in [-0.4, -0.2) is 57.2 Å². The Bertz CT molecular complexity index is 1130. The summed E-state index contributed by atoms with van der Waals surface area (Å²) in [6.45, 7) is 2.76. The van der Waals surface area contributed by atoms with Crippen LogP contribution in [0.4, 0.5) is 0 Å². The number of hydrogen-bond donors (Lipinski definition) is 0. The Kier molecular flexibility index (Phi) is 6.28. The van der Waals surface area contributed by atoms with E-state index in [1.807, 2.05) is 30.1 Å². The van der Waals surface area contributed by atoms with E-state index in [1.165, 1.54) is 0 Å². The molecule has 1 amide bonds. The number of aryl methyl sites for hydroxylation is 1. The number of para-hydroxylation sites is 1. The largest absolute Gasteiger partial charge is 0.484 e. The number of ether oxygens (including phenoxy) is 1. The molecular weight excluding hydrogens is 436 g/mol. The van der Waals surface area contributed by atoms with Crippen LogP contribution in [0.15, 0.2) is 53.5 Å². The topological polar surface area (TPSA) is 67.7 Å². The molecular formula is C25H28N4O3S. The third-order valence-corrected chi connectivity index (χ3v) is 7.22. The van der Waals surface area contributed by atoms with E-state index < -0.39 is 0 Å². The second-order valence-corrected chi connectivity index (χ2v) is 9.63. The number of rotatable bonds is 5.